The fourth-order valence-electron chi connectivity index (χ4n) is 1.80. The van der Waals surface area contributed by atoms with Crippen molar-refractivity contribution in [3.05, 3.63) is 57.3 Å². The summed E-state index contributed by atoms with van der Waals surface area (Å²) >= 11 is 1.72. The van der Waals surface area contributed by atoms with E-state index in [0.29, 0.717) is 12.1 Å². The SMILES string of the molecule is Cc1ccc(CNC(C)c2ccc(F)cc2F)s1. The molecule has 1 unspecified atom stereocenters. The van der Waals surface area contributed by atoms with Gasteiger partial charge in [-0.05, 0) is 32.0 Å². The second-order valence-corrected chi connectivity index (χ2v) is 5.65. The Morgan fingerprint density at radius 1 is 1.22 bits per heavy atom. The number of nitrogens with one attached hydrogen (secondary N) is 1. The van der Waals surface area contributed by atoms with Gasteiger partial charge in [0.25, 0.3) is 0 Å². The highest BCUT2D eigenvalue weighted by Crippen LogP contribution is 2.20. The molecule has 2 aromatic rings. The summed E-state index contributed by atoms with van der Waals surface area (Å²) in [6.07, 6.45) is 0. The van der Waals surface area contributed by atoms with Gasteiger partial charge in [-0.3, -0.25) is 0 Å². The molecule has 1 nitrogen and oxygen atoms in total. The van der Waals surface area contributed by atoms with Crippen LogP contribution in [-0.2, 0) is 6.54 Å². The van der Waals surface area contributed by atoms with E-state index in [1.165, 1.54) is 21.9 Å². The monoisotopic (exact) mass is 267 g/mol. The van der Waals surface area contributed by atoms with E-state index in [2.05, 4.69) is 24.4 Å². The first kappa shape index (κ1) is 13.2. The Kier molecular flexibility index (Phi) is 4.09. The summed E-state index contributed by atoms with van der Waals surface area (Å²) in [7, 11) is 0. The van der Waals surface area contributed by atoms with E-state index in [-0.39, 0.29) is 6.04 Å². The lowest BCUT2D eigenvalue weighted by Crippen LogP contribution is -2.18. The largest absolute Gasteiger partial charge is 0.305 e. The summed E-state index contributed by atoms with van der Waals surface area (Å²) in [5.41, 5.74) is 0.490. The number of benzene rings is 1. The lowest BCUT2D eigenvalue weighted by molar-refractivity contribution is 0.519. The van der Waals surface area contributed by atoms with E-state index in [4.69, 9.17) is 0 Å². The van der Waals surface area contributed by atoms with Crippen molar-refractivity contribution in [3.8, 4) is 0 Å². The van der Waals surface area contributed by atoms with Crippen LogP contribution in [-0.4, -0.2) is 0 Å². The fraction of sp³-hybridized carbons (Fsp3) is 0.286. The maximum absolute atomic E-state index is 13.6. The van der Waals surface area contributed by atoms with Crippen LogP contribution in [0, 0.1) is 18.6 Å². The Hall–Kier alpha value is -1.26. The molecule has 1 aromatic heterocycles. The summed E-state index contributed by atoms with van der Waals surface area (Å²) in [5.74, 6) is -1.05. The smallest absolute Gasteiger partial charge is 0.130 e. The van der Waals surface area contributed by atoms with Gasteiger partial charge in [-0.1, -0.05) is 6.07 Å². The highest BCUT2D eigenvalue weighted by molar-refractivity contribution is 7.11. The first-order valence-corrected chi connectivity index (χ1v) is 6.61. The zero-order chi connectivity index (χ0) is 13.1. The average molecular weight is 267 g/mol. The molecule has 2 rings (SSSR count). The van der Waals surface area contributed by atoms with Crippen LogP contribution < -0.4 is 5.32 Å². The van der Waals surface area contributed by atoms with Crippen molar-refractivity contribution < 1.29 is 8.78 Å². The van der Waals surface area contributed by atoms with Crippen molar-refractivity contribution >= 4 is 11.3 Å². The predicted octanol–water partition coefficient (Wildman–Crippen LogP) is 4.19. The molecule has 0 aliphatic rings. The molecule has 0 radical (unpaired) electrons. The lowest BCUT2D eigenvalue weighted by Gasteiger charge is -2.14. The number of rotatable bonds is 4. The molecule has 0 saturated carbocycles. The van der Waals surface area contributed by atoms with E-state index >= 15 is 0 Å². The molecule has 0 saturated heterocycles. The zero-order valence-electron chi connectivity index (χ0n) is 10.3. The van der Waals surface area contributed by atoms with Crippen molar-refractivity contribution in [2.24, 2.45) is 0 Å². The number of aryl methyl sites for hydroxylation is 1. The zero-order valence-corrected chi connectivity index (χ0v) is 11.2. The summed E-state index contributed by atoms with van der Waals surface area (Å²) in [4.78, 5) is 2.47. The third-order valence-electron chi connectivity index (χ3n) is 2.81. The highest BCUT2D eigenvalue weighted by atomic mass is 32.1. The topological polar surface area (TPSA) is 12.0 Å². The van der Waals surface area contributed by atoms with Gasteiger partial charge < -0.3 is 5.32 Å². The third kappa shape index (κ3) is 3.15. The minimum absolute atomic E-state index is 0.145. The predicted molar refractivity (Wildman–Crippen MR) is 70.7 cm³/mol. The van der Waals surface area contributed by atoms with Gasteiger partial charge in [-0.2, -0.15) is 0 Å². The molecule has 0 bridgehead atoms. The number of halogens is 2. The molecule has 1 N–H and O–H groups in total. The van der Waals surface area contributed by atoms with Crippen LogP contribution >= 0.6 is 11.3 Å². The second kappa shape index (κ2) is 5.59. The van der Waals surface area contributed by atoms with Gasteiger partial charge in [0.2, 0.25) is 0 Å². The lowest BCUT2D eigenvalue weighted by atomic mass is 10.1. The second-order valence-electron chi connectivity index (χ2n) is 4.28. The van der Waals surface area contributed by atoms with Crippen molar-refractivity contribution in [2.45, 2.75) is 26.4 Å². The van der Waals surface area contributed by atoms with Gasteiger partial charge in [0.1, 0.15) is 11.6 Å². The van der Waals surface area contributed by atoms with E-state index in [0.717, 1.165) is 6.07 Å². The van der Waals surface area contributed by atoms with Crippen LogP contribution in [0.4, 0.5) is 8.78 Å². The Morgan fingerprint density at radius 2 is 2.00 bits per heavy atom. The number of hydrogen-bond donors (Lipinski definition) is 1. The van der Waals surface area contributed by atoms with Gasteiger partial charge in [0, 0.05) is 34.0 Å². The van der Waals surface area contributed by atoms with E-state index in [9.17, 15) is 8.78 Å². The highest BCUT2D eigenvalue weighted by Gasteiger charge is 2.11. The maximum atomic E-state index is 13.6. The molecular formula is C14H15F2NS. The Labute approximate surface area is 109 Å². The quantitative estimate of drug-likeness (QED) is 0.876. The Morgan fingerprint density at radius 3 is 2.61 bits per heavy atom. The normalized spacial score (nSPS) is 12.7. The molecule has 1 heterocycles. The van der Waals surface area contributed by atoms with Crippen LogP contribution in [0.25, 0.3) is 0 Å². The number of thiophene rings is 1. The maximum Gasteiger partial charge on any atom is 0.130 e. The standard InChI is InChI=1S/C14H15F2NS/c1-9-3-5-12(18-9)8-17-10(2)13-6-4-11(15)7-14(13)16/h3-7,10,17H,8H2,1-2H3. The minimum Gasteiger partial charge on any atom is -0.305 e. The average Bonchev–Trinajstić information content (AvgIpc) is 2.72. The van der Waals surface area contributed by atoms with Crippen LogP contribution in [0.15, 0.2) is 30.3 Å². The van der Waals surface area contributed by atoms with Crippen LogP contribution in [0.5, 0.6) is 0 Å². The molecule has 0 aliphatic heterocycles. The molecule has 0 spiro atoms. The van der Waals surface area contributed by atoms with Crippen molar-refractivity contribution in [1.82, 2.24) is 5.32 Å². The molecule has 96 valence electrons. The minimum atomic E-state index is -0.544. The molecule has 1 aromatic carbocycles. The fourth-order valence-corrected chi connectivity index (χ4v) is 2.64. The van der Waals surface area contributed by atoms with Crippen LogP contribution in [0.1, 0.15) is 28.3 Å². The first-order valence-electron chi connectivity index (χ1n) is 5.80. The Bertz CT molecular complexity index is 536. The summed E-state index contributed by atoms with van der Waals surface area (Å²) in [6, 6.07) is 7.66. The molecule has 4 heteroatoms. The summed E-state index contributed by atoms with van der Waals surface area (Å²) in [6.45, 7) is 4.62. The summed E-state index contributed by atoms with van der Waals surface area (Å²) < 4.78 is 26.4. The van der Waals surface area contributed by atoms with E-state index in [1.54, 1.807) is 11.3 Å². The van der Waals surface area contributed by atoms with Gasteiger partial charge in [0.15, 0.2) is 0 Å². The molecular weight excluding hydrogens is 252 g/mol. The third-order valence-corrected chi connectivity index (χ3v) is 3.81. The van der Waals surface area contributed by atoms with Gasteiger partial charge >= 0.3 is 0 Å². The Balaban J connectivity index is 2.01. The van der Waals surface area contributed by atoms with Crippen molar-refractivity contribution in [3.63, 3.8) is 0 Å². The molecule has 0 aliphatic carbocycles. The first-order chi connectivity index (χ1) is 8.56. The van der Waals surface area contributed by atoms with E-state index in [1.807, 2.05) is 6.92 Å². The number of hydrogen-bond acceptors (Lipinski definition) is 2. The van der Waals surface area contributed by atoms with Gasteiger partial charge in [-0.25, -0.2) is 8.78 Å². The van der Waals surface area contributed by atoms with Crippen LogP contribution in [0.3, 0.4) is 0 Å². The van der Waals surface area contributed by atoms with Gasteiger partial charge in [-0.15, -0.1) is 11.3 Å². The molecule has 1 atom stereocenters. The molecule has 0 fully saturated rings. The molecule has 18 heavy (non-hydrogen) atoms. The van der Waals surface area contributed by atoms with Gasteiger partial charge in [0.05, 0.1) is 0 Å². The van der Waals surface area contributed by atoms with Crippen molar-refractivity contribution in [1.29, 1.82) is 0 Å². The summed E-state index contributed by atoms with van der Waals surface area (Å²) in [5, 5.41) is 3.24. The van der Waals surface area contributed by atoms with E-state index < -0.39 is 11.6 Å². The van der Waals surface area contributed by atoms with Crippen molar-refractivity contribution in [2.75, 3.05) is 0 Å². The molecule has 0 amide bonds. The van der Waals surface area contributed by atoms with Crippen LogP contribution in [0.2, 0.25) is 0 Å².